The van der Waals surface area contributed by atoms with Crippen molar-refractivity contribution in [1.82, 2.24) is 24.9 Å². The van der Waals surface area contributed by atoms with Crippen LogP contribution in [-0.4, -0.2) is 24.9 Å². The van der Waals surface area contributed by atoms with Gasteiger partial charge in [-0.15, -0.1) is 0 Å². The van der Waals surface area contributed by atoms with Crippen LogP contribution in [0.2, 0.25) is 0 Å². The summed E-state index contributed by atoms with van der Waals surface area (Å²) in [6.07, 6.45) is 6.47. The van der Waals surface area contributed by atoms with E-state index in [0.717, 1.165) is 36.7 Å². The fourth-order valence-corrected chi connectivity index (χ4v) is 3.77. The highest BCUT2D eigenvalue weighted by Gasteiger charge is 2.18. The lowest BCUT2D eigenvalue weighted by molar-refractivity contribution is 0.418. The molecular weight excluding hydrogens is 424 g/mol. The van der Waals surface area contributed by atoms with Gasteiger partial charge in [0.05, 0.1) is 24.5 Å². The third-order valence-electron chi connectivity index (χ3n) is 5.47. The number of hydrogen-bond donors (Lipinski definition) is 0. The van der Waals surface area contributed by atoms with Gasteiger partial charge in [-0.05, 0) is 30.5 Å². The lowest BCUT2D eigenvalue weighted by Crippen LogP contribution is -2.05. The van der Waals surface area contributed by atoms with E-state index in [9.17, 15) is 8.78 Å². The van der Waals surface area contributed by atoms with Crippen LogP contribution in [0.3, 0.4) is 0 Å². The van der Waals surface area contributed by atoms with Crippen molar-refractivity contribution in [2.24, 2.45) is 0 Å². The molecule has 0 N–H and O–H groups in total. The van der Waals surface area contributed by atoms with Crippen LogP contribution >= 0.6 is 0 Å². The third-order valence-corrected chi connectivity index (χ3v) is 5.47. The van der Waals surface area contributed by atoms with E-state index in [1.165, 1.54) is 17.7 Å². The Morgan fingerprint density at radius 2 is 1.79 bits per heavy atom. The summed E-state index contributed by atoms with van der Waals surface area (Å²) in [6, 6.07) is 14.0. The minimum absolute atomic E-state index is 0.0145. The standard InChI is InChI=1S/C25H21F2N5O/c1-2-3-7-16-8-4-5-9-18(16)23-12-17(31-33-23)14-32-15-22-21(13-28-32)29-25(30-22)19-10-6-11-20(26)24(19)27/h4-6,8-13,15H,2-3,7,14H2,1H3. The fourth-order valence-electron chi connectivity index (χ4n) is 3.77. The number of imidazole rings is 1. The molecule has 5 rings (SSSR count). The average molecular weight is 445 g/mol. The molecular formula is C25H21F2N5O. The summed E-state index contributed by atoms with van der Waals surface area (Å²) in [6.45, 7) is 2.54. The van der Waals surface area contributed by atoms with Crippen LogP contribution < -0.4 is 0 Å². The molecule has 0 bridgehead atoms. The number of fused-ring (bicyclic) bond motifs is 1. The maximum absolute atomic E-state index is 14.1. The van der Waals surface area contributed by atoms with E-state index in [1.54, 1.807) is 17.1 Å². The first-order valence-corrected chi connectivity index (χ1v) is 10.8. The number of unbranched alkanes of at least 4 members (excludes halogenated alkanes) is 1. The SMILES string of the molecule is CCCCc1ccccc1-c1cc(Cn2cc3nc(-c4cccc(F)c4F)nc-3cn2)no1. The minimum Gasteiger partial charge on any atom is -0.356 e. The lowest BCUT2D eigenvalue weighted by Gasteiger charge is -2.05. The van der Waals surface area contributed by atoms with Gasteiger partial charge in [-0.3, -0.25) is 4.68 Å². The Kier molecular flexibility index (Phi) is 5.64. The van der Waals surface area contributed by atoms with Crippen LogP contribution in [0.4, 0.5) is 8.78 Å². The van der Waals surface area contributed by atoms with E-state index >= 15 is 0 Å². The first-order valence-electron chi connectivity index (χ1n) is 10.8. The lowest BCUT2D eigenvalue weighted by atomic mass is 10.0. The molecule has 0 saturated heterocycles. The molecule has 3 aromatic rings. The maximum Gasteiger partial charge on any atom is 0.169 e. The molecule has 0 spiro atoms. The van der Waals surface area contributed by atoms with Crippen LogP contribution in [0.1, 0.15) is 31.0 Å². The molecule has 166 valence electrons. The molecule has 6 nitrogen and oxygen atoms in total. The molecule has 2 aromatic carbocycles. The van der Waals surface area contributed by atoms with Gasteiger partial charge >= 0.3 is 0 Å². The molecule has 0 unspecified atom stereocenters. The zero-order valence-corrected chi connectivity index (χ0v) is 18.0. The molecule has 2 aliphatic rings. The Hall–Kier alpha value is -3.94. The van der Waals surface area contributed by atoms with Crippen molar-refractivity contribution in [2.75, 3.05) is 0 Å². The quantitative estimate of drug-likeness (QED) is 0.318. The molecule has 1 aromatic heterocycles. The summed E-state index contributed by atoms with van der Waals surface area (Å²) >= 11 is 0. The third kappa shape index (κ3) is 4.24. The molecule has 33 heavy (non-hydrogen) atoms. The van der Waals surface area contributed by atoms with Crippen LogP contribution in [0, 0.1) is 11.6 Å². The van der Waals surface area contributed by atoms with Gasteiger partial charge < -0.3 is 4.52 Å². The number of rotatable bonds is 7. The topological polar surface area (TPSA) is 69.6 Å². The van der Waals surface area contributed by atoms with E-state index in [4.69, 9.17) is 4.52 Å². The number of hydrogen-bond acceptors (Lipinski definition) is 5. The summed E-state index contributed by atoms with van der Waals surface area (Å²) < 4.78 is 35.0. The zero-order valence-electron chi connectivity index (χ0n) is 18.0. The predicted octanol–water partition coefficient (Wildman–Crippen LogP) is 5.77. The highest BCUT2D eigenvalue weighted by atomic mass is 19.2. The van der Waals surface area contributed by atoms with Crippen LogP contribution in [0.15, 0.2) is 65.4 Å². The second-order valence-electron chi connectivity index (χ2n) is 7.83. The summed E-state index contributed by atoms with van der Waals surface area (Å²) in [7, 11) is 0. The van der Waals surface area contributed by atoms with E-state index in [2.05, 4.69) is 33.2 Å². The Balaban J connectivity index is 1.39. The monoisotopic (exact) mass is 445 g/mol. The highest BCUT2D eigenvalue weighted by molar-refractivity contribution is 5.65. The molecule has 0 saturated carbocycles. The second-order valence-corrected chi connectivity index (χ2v) is 7.83. The van der Waals surface area contributed by atoms with E-state index in [0.29, 0.717) is 23.6 Å². The van der Waals surface area contributed by atoms with E-state index < -0.39 is 11.6 Å². The largest absolute Gasteiger partial charge is 0.356 e. The fraction of sp³-hybridized carbons (Fsp3) is 0.200. The summed E-state index contributed by atoms with van der Waals surface area (Å²) in [5.41, 5.74) is 4.02. The molecule has 2 aliphatic heterocycles. The number of nitrogens with zero attached hydrogens (tertiary/aromatic N) is 5. The van der Waals surface area contributed by atoms with Gasteiger partial charge in [0.15, 0.2) is 23.2 Å². The Labute approximate surface area is 189 Å². The Morgan fingerprint density at radius 1 is 0.970 bits per heavy atom. The van der Waals surface area contributed by atoms with Crippen LogP contribution in [0.25, 0.3) is 34.1 Å². The van der Waals surface area contributed by atoms with Crippen molar-refractivity contribution in [3.8, 4) is 34.1 Å². The highest BCUT2D eigenvalue weighted by Crippen LogP contribution is 2.28. The molecule has 0 amide bonds. The van der Waals surface area contributed by atoms with E-state index in [1.807, 2.05) is 24.3 Å². The van der Waals surface area contributed by atoms with Gasteiger partial charge in [0.2, 0.25) is 0 Å². The molecule has 8 heteroatoms. The van der Waals surface area contributed by atoms with Crippen molar-refractivity contribution >= 4 is 0 Å². The molecule has 0 atom stereocenters. The van der Waals surface area contributed by atoms with Gasteiger partial charge in [0.1, 0.15) is 17.1 Å². The number of aryl methyl sites for hydroxylation is 1. The maximum atomic E-state index is 14.1. The van der Waals surface area contributed by atoms with Crippen LogP contribution in [0.5, 0.6) is 0 Å². The average Bonchev–Trinajstić information content (AvgIpc) is 3.46. The van der Waals surface area contributed by atoms with Gasteiger partial charge in [-0.1, -0.05) is 48.8 Å². The summed E-state index contributed by atoms with van der Waals surface area (Å²) in [5, 5.41) is 8.55. The van der Waals surface area contributed by atoms with Crippen LogP contribution in [-0.2, 0) is 13.0 Å². The normalized spacial score (nSPS) is 11.4. The molecule has 0 aliphatic carbocycles. The number of aromatic nitrogens is 5. The smallest absolute Gasteiger partial charge is 0.169 e. The Morgan fingerprint density at radius 3 is 2.67 bits per heavy atom. The van der Waals surface area contributed by atoms with E-state index in [-0.39, 0.29) is 11.4 Å². The Bertz CT molecular complexity index is 1380. The first-order chi connectivity index (χ1) is 16.1. The summed E-state index contributed by atoms with van der Waals surface area (Å²) in [4.78, 5) is 8.64. The molecule has 0 fully saturated rings. The van der Waals surface area contributed by atoms with Crippen molar-refractivity contribution < 1.29 is 13.3 Å². The van der Waals surface area contributed by atoms with Gasteiger partial charge in [0, 0.05) is 11.6 Å². The van der Waals surface area contributed by atoms with Crippen molar-refractivity contribution in [1.29, 1.82) is 0 Å². The van der Waals surface area contributed by atoms with Gasteiger partial charge in [0.25, 0.3) is 0 Å². The molecule has 3 heterocycles. The first kappa shape index (κ1) is 20.9. The van der Waals surface area contributed by atoms with Gasteiger partial charge in [-0.25, -0.2) is 18.7 Å². The summed E-state index contributed by atoms with van der Waals surface area (Å²) in [5.74, 6) is -1.07. The van der Waals surface area contributed by atoms with Crippen molar-refractivity contribution in [2.45, 2.75) is 32.7 Å². The minimum atomic E-state index is -0.969. The second kappa shape index (κ2) is 8.90. The van der Waals surface area contributed by atoms with Crippen molar-refractivity contribution in [3.63, 3.8) is 0 Å². The zero-order chi connectivity index (χ0) is 22.8. The van der Waals surface area contributed by atoms with Gasteiger partial charge in [-0.2, -0.15) is 5.10 Å². The number of benzene rings is 2. The van der Waals surface area contributed by atoms with Crippen molar-refractivity contribution in [3.05, 3.63) is 83.8 Å². The molecule has 0 radical (unpaired) electrons. The number of halogens is 2. The predicted molar refractivity (Wildman–Crippen MR) is 119 cm³/mol.